The maximum Gasteiger partial charge on any atom is 0.352 e. The van der Waals surface area contributed by atoms with Crippen LogP contribution in [0.3, 0.4) is 0 Å². The number of nitrogens with two attached hydrogens (primary N) is 1. The number of benzene rings is 1. The lowest BCUT2D eigenvalue weighted by Crippen LogP contribution is -2.43. The normalized spacial score (nSPS) is 11.0. The number of carboxylic acid groups (broad SMARTS) is 2. The number of aliphatic hydroxyl groups is 1. The van der Waals surface area contributed by atoms with E-state index in [0.717, 1.165) is 12.1 Å². The van der Waals surface area contributed by atoms with Crippen molar-refractivity contribution in [1.82, 2.24) is 0 Å². The van der Waals surface area contributed by atoms with Crippen molar-refractivity contribution in [2.24, 2.45) is 0 Å². The van der Waals surface area contributed by atoms with Crippen LogP contribution in [-0.2, 0) is 15.2 Å². The van der Waals surface area contributed by atoms with Crippen molar-refractivity contribution in [1.29, 1.82) is 0 Å². The fourth-order valence-corrected chi connectivity index (χ4v) is 1.06. The van der Waals surface area contributed by atoms with E-state index in [0.29, 0.717) is 5.69 Å². The first kappa shape index (κ1) is 11.0. The summed E-state index contributed by atoms with van der Waals surface area (Å²) >= 11 is 0. The Morgan fingerprint density at radius 2 is 1.47 bits per heavy atom. The third kappa shape index (κ3) is 1.75. The van der Waals surface area contributed by atoms with Gasteiger partial charge >= 0.3 is 11.9 Å². The zero-order chi connectivity index (χ0) is 11.6. The number of hydrogen-bond acceptors (Lipinski definition) is 4. The van der Waals surface area contributed by atoms with Gasteiger partial charge < -0.3 is 21.1 Å². The summed E-state index contributed by atoms with van der Waals surface area (Å²) in [5.74, 6) is -3.69. The van der Waals surface area contributed by atoms with E-state index in [-0.39, 0.29) is 5.56 Å². The fraction of sp³-hybridized carbons (Fsp3) is 0.111. The fourth-order valence-electron chi connectivity index (χ4n) is 1.06. The molecule has 15 heavy (non-hydrogen) atoms. The maximum absolute atomic E-state index is 10.7. The van der Waals surface area contributed by atoms with Crippen LogP contribution in [0.5, 0.6) is 0 Å². The molecule has 0 aliphatic carbocycles. The highest BCUT2D eigenvalue weighted by Gasteiger charge is 2.46. The number of rotatable bonds is 3. The summed E-state index contributed by atoms with van der Waals surface area (Å²) < 4.78 is 0. The van der Waals surface area contributed by atoms with Gasteiger partial charge in [0, 0.05) is 11.3 Å². The first-order chi connectivity index (χ1) is 6.89. The molecule has 0 unspecified atom stereocenters. The van der Waals surface area contributed by atoms with E-state index in [1.54, 1.807) is 0 Å². The predicted octanol–water partition coefficient (Wildman–Crippen LogP) is -0.374. The molecule has 0 saturated carbocycles. The monoisotopic (exact) mass is 211 g/mol. The smallest absolute Gasteiger partial charge is 0.352 e. The van der Waals surface area contributed by atoms with Crippen LogP contribution in [0, 0.1) is 0 Å². The third-order valence-corrected chi connectivity index (χ3v) is 1.95. The van der Waals surface area contributed by atoms with Gasteiger partial charge in [-0.2, -0.15) is 0 Å². The van der Waals surface area contributed by atoms with Gasteiger partial charge in [0.1, 0.15) is 0 Å². The summed E-state index contributed by atoms with van der Waals surface area (Å²) in [6.45, 7) is 0. The molecule has 0 radical (unpaired) electrons. The van der Waals surface area contributed by atoms with Crippen molar-refractivity contribution in [3.8, 4) is 0 Å². The standard InChI is InChI=1S/C9H9NO5/c10-6-3-1-5(2-4-6)9(15,7(11)12)8(13)14/h1-4,15H,10H2,(H,11,12)(H,13,14). The lowest BCUT2D eigenvalue weighted by Gasteiger charge is -2.18. The summed E-state index contributed by atoms with van der Waals surface area (Å²) in [7, 11) is 0. The average Bonchev–Trinajstić information content (AvgIpc) is 2.17. The molecule has 1 aromatic carbocycles. The van der Waals surface area contributed by atoms with Crippen LogP contribution in [0.15, 0.2) is 24.3 Å². The van der Waals surface area contributed by atoms with E-state index in [1.807, 2.05) is 0 Å². The minimum Gasteiger partial charge on any atom is -0.478 e. The van der Waals surface area contributed by atoms with Gasteiger partial charge in [-0.25, -0.2) is 9.59 Å². The molecule has 0 spiro atoms. The van der Waals surface area contributed by atoms with Crippen LogP contribution < -0.4 is 5.73 Å². The Morgan fingerprint density at radius 3 is 1.80 bits per heavy atom. The number of nitrogen functional groups attached to an aromatic ring is 1. The second kappa shape index (κ2) is 3.58. The zero-order valence-electron chi connectivity index (χ0n) is 7.54. The molecular formula is C9H9NO5. The SMILES string of the molecule is Nc1ccc(C(O)(C(=O)O)C(=O)O)cc1. The lowest BCUT2D eigenvalue weighted by molar-refractivity contribution is -0.177. The molecule has 6 nitrogen and oxygen atoms in total. The molecule has 6 heteroatoms. The second-order valence-electron chi connectivity index (χ2n) is 2.94. The summed E-state index contributed by atoms with van der Waals surface area (Å²) in [6, 6.07) is 4.92. The van der Waals surface area contributed by atoms with Gasteiger partial charge in [0.25, 0.3) is 5.60 Å². The lowest BCUT2D eigenvalue weighted by atomic mass is 9.94. The van der Waals surface area contributed by atoms with Gasteiger partial charge in [-0.05, 0) is 12.1 Å². The van der Waals surface area contributed by atoms with E-state index in [1.165, 1.54) is 12.1 Å². The van der Waals surface area contributed by atoms with Crippen molar-refractivity contribution in [2.75, 3.05) is 5.73 Å². The summed E-state index contributed by atoms with van der Waals surface area (Å²) in [5, 5.41) is 26.8. The van der Waals surface area contributed by atoms with Crippen LogP contribution >= 0.6 is 0 Å². The quantitative estimate of drug-likeness (QED) is 0.399. The molecule has 0 amide bonds. The highest BCUT2D eigenvalue weighted by molar-refractivity contribution is 6.02. The Bertz CT molecular complexity index is 383. The molecule has 1 rings (SSSR count). The van der Waals surface area contributed by atoms with Crippen LogP contribution in [0.1, 0.15) is 5.56 Å². The van der Waals surface area contributed by atoms with E-state index < -0.39 is 17.5 Å². The Balaban J connectivity index is 3.28. The van der Waals surface area contributed by atoms with E-state index in [4.69, 9.17) is 15.9 Å². The van der Waals surface area contributed by atoms with Crippen LogP contribution in [0.2, 0.25) is 0 Å². The molecule has 0 aromatic heterocycles. The number of carboxylic acids is 2. The summed E-state index contributed by atoms with van der Waals surface area (Å²) in [4.78, 5) is 21.4. The van der Waals surface area contributed by atoms with Crippen molar-refractivity contribution in [3.05, 3.63) is 29.8 Å². The van der Waals surface area contributed by atoms with E-state index in [2.05, 4.69) is 0 Å². The maximum atomic E-state index is 10.7. The van der Waals surface area contributed by atoms with Crippen LogP contribution in [0.25, 0.3) is 0 Å². The third-order valence-electron chi connectivity index (χ3n) is 1.95. The zero-order valence-corrected chi connectivity index (χ0v) is 7.54. The summed E-state index contributed by atoms with van der Waals surface area (Å²) in [6.07, 6.45) is 0. The number of anilines is 1. The predicted molar refractivity (Wildman–Crippen MR) is 50.0 cm³/mol. The van der Waals surface area contributed by atoms with Gasteiger partial charge in [-0.3, -0.25) is 0 Å². The molecule has 0 bridgehead atoms. The van der Waals surface area contributed by atoms with Crippen molar-refractivity contribution in [3.63, 3.8) is 0 Å². The van der Waals surface area contributed by atoms with Gasteiger partial charge in [0.2, 0.25) is 0 Å². The van der Waals surface area contributed by atoms with Crippen molar-refractivity contribution < 1.29 is 24.9 Å². The number of hydrogen-bond donors (Lipinski definition) is 4. The van der Waals surface area contributed by atoms with Gasteiger partial charge in [0.15, 0.2) is 0 Å². The van der Waals surface area contributed by atoms with E-state index in [9.17, 15) is 14.7 Å². The number of aliphatic carboxylic acids is 2. The summed E-state index contributed by atoms with van der Waals surface area (Å²) in [5.41, 5.74) is 2.50. The molecule has 0 aliphatic rings. The van der Waals surface area contributed by atoms with Gasteiger partial charge in [-0.15, -0.1) is 0 Å². The average molecular weight is 211 g/mol. The van der Waals surface area contributed by atoms with Gasteiger partial charge in [0.05, 0.1) is 0 Å². The molecule has 5 N–H and O–H groups in total. The minimum atomic E-state index is -2.94. The van der Waals surface area contributed by atoms with Crippen LogP contribution in [-0.4, -0.2) is 27.3 Å². The molecule has 0 fully saturated rings. The van der Waals surface area contributed by atoms with Crippen LogP contribution in [0.4, 0.5) is 5.69 Å². The minimum absolute atomic E-state index is 0.253. The molecule has 0 heterocycles. The Hall–Kier alpha value is -2.08. The van der Waals surface area contributed by atoms with Crippen molar-refractivity contribution in [2.45, 2.75) is 5.60 Å². The molecule has 80 valence electrons. The Morgan fingerprint density at radius 1 is 1.07 bits per heavy atom. The molecular weight excluding hydrogens is 202 g/mol. The van der Waals surface area contributed by atoms with E-state index >= 15 is 0 Å². The first-order valence-corrected chi connectivity index (χ1v) is 3.94. The number of carbonyl (C=O) groups is 2. The highest BCUT2D eigenvalue weighted by atomic mass is 16.4. The molecule has 0 aliphatic heterocycles. The topological polar surface area (TPSA) is 121 Å². The Labute approximate surface area is 84.6 Å². The molecule has 0 saturated heterocycles. The molecule has 0 atom stereocenters. The first-order valence-electron chi connectivity index (χ1n) is 3.94. The highest BCUT2D eigenvalue weighted by Crippen LogP contribution is 2.22. The van der Waals surface area contributed by atoms with Crippen molar-refractivity contribution >= 4 is 17.6 Å². The Kier molecular flexibility index (Phi) is 2.63. The van der Waals surface area contributed by atoms with Gasteiger partial charge in [-0.1, -0.05) is 12.1 Å². The second-order valence-corrected chi connectivity index (χ2v) is 2.94. The largest absolute Gasteiger partial charge is 0.478 e. The molecule has 1 aromatic rings.